The highest BCUT2D eigenvalue weighted by Gasteiger charge is 2.27. The lowest BCUT2D eigenvalue weighted by Gasteiger charge is -2.26. The van der Waals surface area contributed by atoms with Gasteiger partial charge in [0.25, 0.3) is 0 Å². The van der Waals surface area contributed by atoms with Gasteiger partial charge in [-0.3, -0.25) is 0 Å². The largest absolute Gasteiger partial charge is 0.457 e. The van der Waals surface area contributed by atoms with Crippen molar-refractivity contribution < 1.29 is 22.7 Å². The second kappa shape index (κ2) is 7.99. The summed E-state index contributed by atoms with van der Waals surface area (Å²) >= 11 is 0. The molecule has 0 radical (unpaired) electrons. The van der Waals surface area contributed by atoms with Gasteiger partial charge < -0.3 is 9.47 Å². The van der Waals surface area contributed by atoms with Crippen LogP contribution < -0.4 is 0 Å². The molecular formula is C19H21NO5S. The number of carbonyl (C=O) groups is 1. The molecule has 0 saturated carbocycles. The standard InChI is InChI=1S/C19H21NO5S/c1-15-5-2-3-6-17(15)14-25-19(21)16-7-4-8-18(13-16)26(22,23)20-9-11-24-12-10-20/h2-8,13H,9-12,14H2,1H3. The lowest BCUT2D eigenvalue weighted by atomic mass is 10.1. The second-order valence-corrected chi connectivity index (χ2v) is 7.98. The summed E-state index contributed by atoms with van der Waals surface area (Å²) in [6.45, 7) is 3.45. The summed E-state index contributed by atoms with van der Waals surface area (Å²) in [7, 11) is -3.65. The van der Waals surface area contributed by atoms with E-state index in [1.54, 1.807) is 12.1 Å². The van der Waals surface area contributed by atoms with Crippen molar-refractivity contribution in [2.24, 2.45) is 0 Å². The molecule has 0 bridgehead atoms. The van der Waals surface area contributed by atoms with Crippen LogP contribution in [0.5, 0.6) is 0 Å². The number of nitrogens with zero attached hydrogens (tertiary/aromatic N) is 1. The first-order valence-corrected chi connectivity index (χ1v) is 9.82. The van der Waals surface area contributed by atoms with E-state index in [1.807, 2.05) is 31.2 Å². The van der Waals surface area contributed by atoms with Crippen molar-refractivity contribution in [3.05, 3.63) is 65.2 Å². The van der Waals surface area contributed by atoms with Crippen LogP contribution in [0.1, 0.15) is 21.5 Å². The molecule has 1 aliphatic heterocycles. The number of hydrogen-bond donors (Lipinski definition) is 0. The summed E-state index contributed by atoms with van der Waals surface area (Å²) in [6, 6.07) is 13.6. The van der Waals surface area contributed by atoms with Crippen LogP contribution in [-0.4, -0.2) is 45.0 Å². The van der Waals surface area contributed by atoms with E-state index in [9.17, 15) is 13.2 Å². The van der Waals surface area contributed by atoms with Gasteiger partial charge in [-0.05, 0) is 36.2 Å². The quantitative estimate of drug-likeness (QED) is 0.750. The van der Waals surface area contributed by atoms with Crippen molar-refractivity contribution >= 4 is 16.0 Å². The van der Waals surface area contributed by atoms with E-state index in [2.05, 4.69) is 0 Å². The van der Waals surface area contributed by atoms with Crippen molar-refractivity contribution in [2.75, 3.05) is 26.3 Å². The SMILES string of the molecule is Cc1ccccc1COC(=O)c1cccc(S(=O)(=O)N2CCOCC2)c1. The molecule has 1 heterocycles. The number of hydrogen-bond acceptors (Lipinski definition) is 5. The van der Waals surface area contributed by atoms with Gasteiger partial charge in [0.2, 0.25) is 10.0 Å². The van der Waals surface area contributed by atoms with Crippen LogP contribution in [0.4, 0.5) is 0 Å². The number of ether oxygens (including phenoxy) is 2. The molecule has 0 aromatic heterocycles. The molecule has 3 rings (SSSR count). The maximum Gasteiger partial charge on any atom is 0.338 e. The van der Waals surface area contributed by atoms with Gasteiger partial charge in [0, 0.05) is 13.1 Å². The van der Waals surface area contributed by atoms with Crippen LogP contribution in [-0.2, 0) is 26.1 Å². The molecule has 0 amide bonds. The molecule has 0 unspecified atom stereocenters. The fourth-order valence-corrected chi connectivity index (χ4v) is 4.17. The molecule has 1 aliphatic rings. The summed E-state index contributed by atoms with van der Waals surface area (Å²) < 4.78 is 37.3. The molecule has 2 aromatic carbocycles. The summed E-state index contributed by atoms with van der Waals surface area (Å²) in [5.41, 5.74) is 2.16. The van der Waals surface area contributed by atoms with Crippen molar-refractivity contribution in [1.29, 1.82) is 0 Å². The Bertz CT molecular complexity index is 888. The number of aryl methyl sites for hydroxylation is 1. The molecule has 0 N–H and O–H groups in total. The highest BCUT2D eigenvalue weighted by molar-refractivity contribution is 7.89. The fourth-order valence-electron chi connectivity index (χ4n) is 2.72. The van der Waals surface area contributed by atoms with E-state index < -0.39 is 16.0 Å². The number of carbonyl (C=O) groups excluding carboxylic acids is 1. The Hall–Kier alpha value is -2.22. The van der Waals surface area contributed by atoms with Gasteiger partial charge in [-0.25, -0.2) is 13.2 Å². The van der Waals surface area contributed by atoms with Crippen LogP contribution in [0.2, 0.25) is 0 Å². The third-order valence-corrected chi connectivity index (χ3v) is 6.19. The van der Waals surface area contributed by atoms with Crippen LogP contribution >= 0.6 is 0 Å². The monoisotopic (exact) mass is 375 g/mol. The fraction of sp³-hybridized carbons (Fsp3) is 0.316. The first kappa shape index (κ1) is 18.6. The van der Waals surface area contributed by atoms with Crippen molar-refractivity contribution in [2.45, 2.75) is 18.4 Å². The Morgan fingerprint density at radius 1 is 1.12 bits per heavy atom. The zero-order valence-electron chi connectivity index (χ0n) is 14.6. The summed E-state index contributed by atoms with van der Waals surface area (Å²) in [5.74, 6) is -0.549. The van der Waals surface area contributed by atoms with E-state index in [4.69, 9.17) is 9.47 Å². The molecule has 26 heavy (non-hydrogen) atoms. The van der Waals surface area contributed by atoms with Gasteiger partial charge in [-0.1, -0.05) is 30.3 Å². The zero-order chi connectivity index (χ0) is 18.6. The molecule has 7 heteroatoms. The van der Waals surface area contributed by atoms with Crippen molar-refractivity contribution in [1.82, 2.24) is 4.31 Å². The first-order valence-electron chi connectivity index (χ1n) is 8.38. The normalized spacial score (nSPS) is 15.6. The Morgan fingerprint density at radius 2 is 1.85 bits per heavy atom. The Morgan fingerprint density at radius 3 is 2.58 bits per heavy atom. The predicted octanol–water partition coefficient (Wildman–Crippen LogP) is 2.37. The van der Waals surface area contributed by atoms with E-state index in [0.717, 1.165) is 11.1 Å². The molecule has 138 valence electrons. The molecular weight excluding hydrogens is 354 g/mol. The van der Waals surface area contributed by atoms with Crippen LogP contribution in [0.15, 0.2) is 53.4 Å². The lowest BCUT2D eigenvalue weighted by molar-refractivity contribution is 0.0471. The molecule has 2 aromatic rings. The predicted molar refractivity (Wildman–Crippen MR) is 96.3 cm³/mol. The number of benzene rings is 2. The molecule has 0 spiro atoms. The van der Waals surface area contributed by atoms with Crippen LogP contribution in [0, 0.1) is 6.92 Å². The average molecular weight is 375 g/mol. The molecule has 1 saturated heterocycles. The molecule has 0 aliphatic carbocycles. The van der Waals surface area contributed by atoms with Gasteiger partial charge in [0.15, 0.2) is 0 Å². The second-order valence-electron chi connectivity index (χ2n) is 6.05. The molecule has 1 fully saturated rings. The number of sulfonamides is 1. The van der Waals surface area contributed by atoms with Gasteiger partial charge in [-0.2, -0.15) is 4.31 Å². The Labute approximate surface area is 153 Å². The maximum absolute atomic E-state index is 12.7. The highest BCUT2D eigenvalue weighted by atomic mass is 32.2. The Kier molecular flexibility index (Phi) is 5.70. The number of esters is 1. The van der Waals surface area contributed by atoms with E-state index >= 15 is 0 Å². The van der Waals surface area contributed by atoms with Crippen LogP contribution in [0.25, 0.3) is 0 Å². The summed E-state index contributed by atoms with van der Waals surface area (Å²) in [5, 5.41) is 0. The van der Waals surface area contributed by atoms with Gasteiger partial charge in [0.1, 0.15) is 6.61 Å². The summed E-state index contributed by atoms with van der Waals surface area (Å²) in [6.07, 6.45) is 0. The smallest absolute Gasteiger partial charge is 0.338 e. The maximum atomic E-state index is 12.7. The third kappa shape index (κ3) is 4.12. The Balaban J connectivity index is 1.74. The topological polar surface area (TPSA) is 72.9 Å². The van der Waals surface area contributed by atoms with Crippen molar-refractivity contribution in [3.8, 4) is 0 Å². The minimum Gasteiger partial charge on any atom is -0.457 e. The highest BCUT2D eigenvalue weighted by Crippen LogP contribution is 2.19. The number of rotatable bonds is 5. The van der Waals surface area contributed by atoms with Crippen LogP contribution in [0.3, 0.4) is 0 Å². The minimum absolute atomic E-state index is 0.0877. The lowest BCUT2D eigenvalue weighted by Crippen LogP contribution is -2.40. The minimum atomic E-state index is -3.65. The van der Waals surface area contributed by atoms with Gasteiger partial charge in [-0.15, -0.1) is 0 Å². The van der Waals surface area contributed by atoms with Crippen molar-refractivity contribution in [3.63, 3.8) is 0 Å². The summed E-state index contributed by atoms with van der Waals surface area (Å²) in [4.78, 5) is 12.4. The van der Waals surface area contributed by atoms with E-state index in [0.29, 0.717) is 26.3 Å². The van der Waals surface area contributed by atoms with E-state index in [1.165, 1.54) is 16.4 Å². The molecule has 6 nitrogen and oxygen atoms in total. The average Bonchev–Trinajstić information content (AvgIpc) is 2.68. The molecule has 0 atom stereocenters. The third-order valence-electron chi connectivity index (χ3n) is 4.30. The van der Waals surface area contributed by atoms with Gasteiger partial charge >= 0.3 is 5.97 Å². The zero-order valence-corrected chi connectivity index (χ0v) is 15.4. The van der Waals surface area contributed by atoms with Gasteiger partial charge in [0.05, 0.1) is 23.7 Å². The first-order chi connectivity index (χ1) is 12.5. The number of morpholine rings is 1. The van der Waals surface area contributed by atoms with E-state index in [-0.39, 0.29) is 17.1 Å².